The number of hydrogen-bond donors (Lipinski definition) is 0. The van der Waals surface area contributed by atoms with Crippen LogP contribution < -0.4 is 5.56 Å². The van der Waals surface area contributed by atoms with E-state index in [4.69, 9.17) is 11.6 Å². The van der Waals surface area contributed by atoms with Crippen LogP contribution >= 0.6 is 11.6 Å². The van der Waals surface area contributed by atoms with Gasteiger partial charge in [-0.05, 0) is 6.92 Å². The summed E-state index contributed by atoms with van der Waals surface area (Å²) in [6.45, 7) is 2.21. The molecule has 0 aliphatic rings. The van der Waals surface area contributed by atoms with Gasteiger partial charge in [0.05, 0.1) is 29.3 Å². The molecule has 2 rings (SSSR count). The van der Waals surface area contributed by atoms with Gasteiger partial charge in [0.15, 0.2) is 0 Å². The molecule has 0 radical (unpaired) electrons. The summed E-state index contributed by atoms with van der Waals surface area (Å²) >= 11 is 6.10. The maximum absolute atomic E-state index is 11.5. The molecule has 16 heavy (non-hydrogen) atoms. The molecule has 2 aromatic heterocycles. The average molecular weight is 239 g/mol. The molecule has 0 atom stereocenters. The van der Waals surface area contributed by atoms with Gasteiger partial charge in [-0.1, -0.05) is 11.6 Å². The highest BCUT2D eigenvalue weighted by molar-refractivity contribution is 6.31. The standard InChI is InChI=1S/C10H11ClN4O/c1-7-10(11)8(14(2)13-7)5-15-6-12-4-3-9(15)16/h3-4,6H,5H2,1-2H3. The number of hydrogen-bond acceptors (Lipinski definition) is 3. The number of aromatic nitrogens is 4. The molecule has 0 bridgehead atoms. The van der Waals surface area contributed by atoms with Crippen LogP contribution in [0.5, 0.6) is 0 Å². The number of halogens is 1. The lowest BCUT2D eigenvalue weighted by Crippen LogP contribution is -2.20. The van der Waals surface area contributed by atoms with Gasteiger partial charge in [-0.3, -0.25) is 14.0 Å². The fraction of sp³-hybridized carbons (Fsp3) is 0.300. The van der Waals surface area contributed by atoms with Crippen molar-refractivity contribution in [2.24, 2.45) is 7.05 Å². The van der Waals surface area contributed by atoms with Gasteiger partial charge in [-0.15, -0.1) is 0 Å². The smallest absolute Gasteiger partial charge is 0.253 e. The maximum Gasteiger partial charge on any atom is 0.253 e. The van der Waals surface area contributed by atoms with Crippen molar-refractivity contribution in [3.05, 3.63) is 45.4 Å². The van der Waals surface area contributed by atoms with Gasteiger partial charge in [0.1, 0.15) is 0 Å². The maximum atomic E-state index is 11.5. The number of rotatable bonds is 2. The first-order chi connectivity index (χ1) is 7.59. The Morgan fingerprint density at radius 3 is 2.81 bits per heavy atom. The van der Waals surface area contributed by atoms with Crippen LogP contribution in [-0.2, 0) is 13.6 Å². The Morgan fingerprint density at radius 1 is 1.50 bits per heavy atom. The zero-order valence-electron chi connectivity index (χ0n) is 9.01. The second kappa shape index (κ2) is 4.09. The van der Waals surface area contributed by atoms with Crippen molar-refractivity contribution in [1.82, 2.24) is 19.3 Å². The van der Waals surface area contributed by atoms with Crippen LogP contribution in [0.3, 0.4) is 0 Å². The van der Waals surface area contributed by atoms with Crippen molar-refractivity contribution in [2.75, 3.05) is 0 Å². The van der Waals surface area contributed by atoms with E-state index in [1.54, 1.807) is 11.7 Å². The summed E-state index contributed by atoms with van der Waals surface area (Å²) < 4.78 is 3.17. The van der Waals surface area contributed by atoms with Gasteiger partial charge in [0.2, 0.25) is 0 Å². The van der Waals surface area contributed by atoms with E-state index in [1.165, 1.54) is 23.2 Å². The monoisotopic (exact) mass is 238 g/mol. The average Bonchev–Trinajstić information content (AvgIpc) is 2.48. The third-order valence-electron chi connectivity index (χ3n) is 2.37. The Bertz CT molecular complexity index is 572. The van der Waals surface area contributed by atoms with Crippen molar-refractivity contribution < 1.29 is 0 Å². The summed E-state index contributed by atoms with van der Waals surface area (Å²) in [7, 11) is 1.80. The Balaban J connectivity index is 2.42. The SMILES string of the molecule is Cc1nn(C)c(Cn2cnccc2=O)c1Cl. The zero-order valence-corrected chi connectivity index (χ0v) is 9.77. The molecule has 0 fully saturated rings. The highest BCUT2D eigenvalue weighted by atomic mass is 35.5. The molecule has 2 heterocycles. The number of aryl methyl sites for hydroxylation is 2. The second-order valence-corrected chi connectivity index (χ2v) is 3.89. The quantitative estimate of drug-likeness (QED) is 0.784. The fourth-order valence-corrected chi connectivity index (χ4v) is 1.73. The van der Waals surface area contributed by atoms with E-state index in [-0.39, 0.29) is 5.56 Å². The zero-order chi connectivity index (χ0) is 11.7. The van der Waals surface area contributed by atoms with Gasteiger partial charge in [0, 0.05) is 19.3 Å². The Morgan fingerprint density at radius 2 is 2.25 bits per heavy atom. The summed E-state index contributed by atoms with van der Waals surface area (Å²) in [5, 5.41) is 4.78. The fourth-order valence-electron chi connectivity index (χ4n) is 1.51. The first-order valence-corrected chi connectivity index (χ1v) is 5.16. The van der Waals surface area contributed by atoms with Crippen molar-refractivity contribution >= 4 is 11.6 Å². The van der Waals surface area contributed by atoms with Crippen molar-refractivity contribution in [3.63, 3.8) is 0 Å². The van der Waals surface area contributed by atoms with E-state index < -0.39 is 0 Å². The van der Waals surface area contributed by atoms with Crippen LogP contribution in [0.25, 0.3) is 0 Å². The van der Waals surface area contributed by atoms with Crippen molar-refractivity contribution in [1.29, 1.82) is 0 Å². The van der Waals surface area contributed by atoms with E-state index in [0.29, 0.717) is 11.6 Å². The molecule has 2 aromatic rings. The Hall–Kier alpha value is -1.62. The van der Waals surface area contributed by atoms with Crippen molar-refractivity contribution in [2.45, 2.75) is 13.5 Å². The van der Waals surface area contributed by atoms with Gasteiger partial charge < -0.3 is 0 Å². The lowest BCUT2D eigenvalue weighted by atomic mass is 10.3. The van der Waals surface area contributed by atoms with Crippen LogP contribution in [-0.4, -0.2) is 19.3 Å². The van der Waals surface area contributed by atoms with E-state index in [2.05, 4.69) is 10.1 Å². The molecule has 6 heteroatoms. The Labute approximate surface area is 97.3 Å². The van der Waals surface area contributed by atoms with Gasteiger partial charge in [-0.25, -0.2) is 4.98 Å². The molecule has 0 unspecified atom stereocenters. The first-order valence-electron chi connectivity index (χ1n) is 4.78. The predicted molar refractivity (Wildman–Crippen MR) is 60.6 cm³/mol. The molecule has 0 saturated carbocycles. The lowest BCUT2D eigenvalue weighted by Gasteiger charge is -2.05. The third-order valence-corrected chi connectivity index (χ3v) is 2.87. The molecular formula is C10H11ClN4O. The van der Waals surface area contributed by atoms with Crippen LogP contribution in [0, 0.1) is 6.92 Å². The predicted octanol–water partition coefficient (Wildman–Crippen LogP) is 0.987. The molecule has 0 amide bonds. The molecule has 0 aliphatic heterocycles. The highest BCUT2D eigenvalue weighted by Crippen LogP contribution is 2.19. The first kappa shape index (κ1) is 10.9. The highest BCUT2D eigenvalue weighted by Gasteiger charge is 2.11. The molecule has 5 nitrogen and oxygen atoms in total. The normalized spacial score (nSPS) is 10.7. The minimum absolute atomic E-state index is 0.107. The largest absolute Gasteiger partial charge is 0.293 e. The summed E-state index contributed by atoms with van der Waals surface area (Å²) in [4.78, 5) is 15.4. The minimum atomic E-state index is -0.107. The molecule has 0 N–H and O–H groups in total. The second-order valence-electron chi connectivity index (χ2n) is 3.52. The van der Waals surface area contributed by atoms with Gasteiger partial charge in [-0.2, -0.15) is 5.10 Å². The summed E-state index contributed by atoms with van der Waals surface area (Å²) in [5.74, 6) is 0. The van der Waals surface area contributed by atoms with Gasteiger partial charge >= 0.3 is 0 Å². The topological polar surface area (TPSA) is 52.7 Å². The van der Waals surface area contributed by atoms with Crippen LogP contribution in [0.15, 0.2) is 23.4 Å². The molecule has 84 valence electrons. The number of nitrogens with zero attached hydrogens (tertiary/aromatic N) is 4. The van der Waals surface area contributed by atoms with E-state index >= 15 is 0 Å². The summed E-state index contributed by atoms with van der Waals surface area (Å²) in [6.07, 6.45) is 2.95. The van der Waals surface area contributed by atoms with E-state index in [1.807, 2.05) is 6.92 Å². The third kappa shape index (κ3) is 1.86. The molecule has 0 aromatic carbocycles. The molecule has 0 saturated heterocycles. The lowest BCUT2D eigenvalue weighted by molar-refractivity contribution is 0.643. The van der Waals surface area contributed by atoms with Crippen LogP contribution in [0.1, 0.15) is 11.4 Å². The van der Waals surface area contributed by atoms with E-state index in [9.17, 15) is 4.79 Å². The summed E-state index contributed by atoms with van der Waals surface area (Å²) in [5.41, 5.74) is 1.45. The molecule has 0 spiro atoms. The van der Waals surface area contributed by atoms with Crippen LogP contribution in [0.2, 0.25) is 5.02 Å². The summed E-state index contributed by atoms with van der Waals surface area (Å²) in [6, 6.07) is 1.41. The minimum Gasteiger partial charge on any atom is -0.293 e. The Kier molecular flexibility index (Phi) is 2.78. The van der Waals surface area contributed by atoms with Gasteiger partial charge in [0.25, 0.3) is 5.56 Å². The molecule has 0 aliphatic carbocycles. The van der Waals surface area contributed by atoms with E-state index in [0.717, 1.165) is 11.4 Å². The van der Waals surface area contributed by atoms with Crippen LogP contribution in [0.4, 0.5) is 0 Å². The van der Waals surface area contributed by atoms with Crippen molar-refractivity contribution in [3.8, 4) is 0 Å². The molecular weight excluding hydrogens is 228 g/mol.